The Kier molecular flexibility index (Phi) is 7.49. The fraction of sp³-hybridized carbons (Fsp3) is 0.308. The number of rotatable bonds is 7. The number of hydrogen-bond acceptors (Lipinski definition) is 6. The highest BCUT2D eigenvalue weighted by Crippen LogP contribution is 2.28. The number of pyridine rings is 1. The van der Waals surface area contributed by atoms with Crippen LogP contribution < -0.4 is 15.6 Å². The Morgan fingerprint density at radius 2 is 1.94 bits per heavy atom. The lowest BCUT2D eigenvalue weighted by Crippen LogP contribution is -2.28. The lowest BCUT2D eigenvalue weighted by molar-refractivity contribution is -0.117. The Hall–Kier alpha value is -3.96. The molecule has 176 valence electrons. The molecule has 8 heteroatoms. The Morgan fingerprint density at radius 3 is 2.56 bits per heavy atom. The number of nitriles is 1. The average molecular weight is 461 g/mol. The van der Waals surface area contributed by atoms with E-state index in [2.05, 4.69) is 31.1 Å². The monoisotopic (exact) mass is 460 g/mol. The van der Waals surface area contributed by atoms with Crippen LogP contribution >= 0.6 is 0 Å². The van der Waals surface area contributed by atoms with E-state index in [1.54, 1.807) is 24.4 Å². The van der Waals surface area contributed by atoms with Gasteiger partial charge in [0.05, 0.1) is 6.61 Å². The standard InChI is InChI=1S/C26H28N4O4/c1-17-7-6-13-30-22(17)29-24(34-20-10-8-19(9-11-20)26(2,3)4)21(25(30)32)15-18(16-27)23(31)28-12-14-33-5/h6-11,13,15H,12,14H2,1-5H3,(H,28,31). The van der Waals surface area contributed by atoms with Gasteiger partial charge in [-0.1, -0.05) is 39.0 Å². The number of hydrogen-bond donors (Lipinski definition) is 1. The molecule has 3 rings (SSSR count). The molecule has 0 bridgehead atoms. The van der Waals surface area contributed by atoms with Crippen LogP contribution in [0.4, 0.5) is 0 Å². The highest BCUT2D eigenvalue weighted by Gasteiger charge is 2.19. The van der Waals surface area contributed by atoms with Crippen LogP contribution in [0.5, 0.6) is 11.6 Å². The lowest BCUT2D eigenvalue weighted by Gasteiger charge is -2.19. The maximum absolute atomic E-state index is 13.3. The third kappa shape index (κ3) is 5.50. The van der Waals surface area contributed by atoms with Gasteiger partial charge < -0.3 is 14.8 Å². The molecule has 0 aliphatic heterocycles. The van der Waals surface area contributed by atoms with E-state index in [9.17, 15) is 14.9 Å². The summed E-state index contributed by atoms with van der Waals surface area (Å²) in [6, 6.07) is 12.9. The van der Waals surface area contributed by atoms with Crippen LogP contribution in [0.25, 0.3) is 11.7 Å². The molecule has 8 nitrogen and oxygen atoms in total. The average Bonchev–Trinajstić information content (AvgIpc) is 2.79. The molecule has 0 atom stereocenters. The molecule has 1 aromatic carbocycles. The van der Waals surface area contributed by atoms with E-state index in [0.717, 1.165) is 11.1 Å². The van der Waals surface area contributed by atoms with Crippen molar-refractivity contribution in [3.8, 4) is 17.7 Å². The van der Waals surface area contributed by atoms with Crippen LogP contribution in [0.3, 0.4) is 0 Å². The maximum atomic E-state index is 13.3. The highest BCUT2D eigenvalue weighted by atomic mass is 16.5. The predicted octanol–water partition coefficient (Wildman–Crippen LogP) is 3.76. The third-order valence-corrected chi connectivity index (χ3v) is 5.23. The largest absolute Gasteiger partial charge is 0.438 e. The van der Waals surface area contributed by atoms with Crippen LogP contribution in [0.1, 0.15) is 37.5 Å². The zero-order valence-corrected chi connectivity index (χ0v) is 20.0. The number of amides is 1. The quantitative estimate of drug-likeness (QED) is 0.327. The molecule has 2 aromatic heterocycles. The van der Waals surface area contributed by atoms with Gasteiger partial charge in [0, 0.05) is 19.9 Å². The molecular formula is C26H28N4O4. The third-order valence-electron chi connectivity index (χ3n) is 5.23. The zero-order chi connectivity index (χ0) is 24.9. The van der Waals surface area contributed by atoms with Gasteiger partial charge in [-0.2, -0.15) is 10.2 Å². The first kappa shape index (κ1) is 24.7. The van der Waals surface area contributed by atoms with E-state index < -0.39 is 11.5 Å². The number of methoxy groups -OCH3 is 1. The number of nitrogens with zero attached hydrogens (tertiary/aromatic N) is 3. The number of fused-ring (bicyclic) bond motifs is 1. The van der Waals surface area contributed by atoms with Gasteiger partial charge >= 0.3 is 0 Å². The van der Waals surface area contributed by atoms with Crippen molar-refractivity contribution in [2.24, 2.45) is 0 Å². The predicted molar refractivity (Wildman–Crippen MR) is 130 cm³/mol. The van der Waals surface area contributed by atoms with Gasteiger partial charge in [0.15, 0.2) is 0 Å². The van der Waals surface area contributed by atoms with E-state index in [1.807, 2.05) is 31.2 Å². The van der Waals surface area contributed by atoms with Gasteiger partial charge in [0.25, 0.3) is 11.5 Å². The molecule has 0 radical (unpaired) electrons. The van der Waals surface area contributed by atoms with Crippen molar-refractivity contribution < 1.29 is 14.3 Å². The first-order chi connectivity index (χ1) is 16.2. The van der Waals surface area contributed by atoms with Crippen molar-refractivity contribution in [3.05, 3.63) is 75.2 Å². The fourth-order valence-corrected chi connectivity index (χ4v) is 3.28. The molecule has 0 aliphatic carbocycles. The Bertz CT molecular complexity index is 1330. The molecule has 1 N–H and O–H groups in total. The van der Waals surface area contributed by atoms with Crippen molar-refractivity contribution in [1.82, 2.24) is 14.7 Å². The Balaban J connectivity index is 2.12. The van der Waals surface area contributed by atoms with Gasteiger partial charge in [-0.15, -0.1) is 0 Å². The summed E-state index contributed by atoms with van der Waals surface area (Å²) in [6.45, 7) is 8.70. The lowest BCUT2D eigenvalue weighted by atomic mass is 9.87. The van der Waals surface area contributed by atoms with Crippen LogP contribution in [-0.4, -0.2) is 35.6 Å². The Morgan fingerprint density at radius 1 is 1.24 bits per heavy atom. The number of aryl methyl sites for hydroxylation is 1. The van der Waals surface area contributed by atoms with Crippen molar-refractivity contribution >= 4 is 17.6 Å². The van der Waals surface area contributed by atoms with E-state index in [1.165, 1.54) is 17.6 Å². The van der Waals surface area contributed by atoms with Crippen molar-refractivity contribution in [2.45, 2.75) is 33.1 Å². The molecular weight excluding hydrogens is 432 g/mol. The number of nitrogens with one attached hydrogen (secondary N) is 1. The van der Waals surface area contributed by atoms with E-state index in [4.69, 9.17) is 9.47 Å². The smallest absolute Gasteiger partial charge is 0.269 e. The van der Waals surface area contributed by atoms with Gasteiger partial charge in [-0.05, 0) is 47.7 Å². The van der Waals surface area contributed by atoms with Crippen molar-refractivity contribution in [1.29, 1.82) is 5.26 Å². The minimum absolute atomic E-state index is 0.00133. The molecule has 0 saturated carbocycles. The number of carbonyl (C=O) groups is 1. The van der Waals surface area contributed by atoms with Crippen molar-refractivity contribution in [3.63, 3.8) is 0 Å². The van der Waals surface area contributed by atoms with Gasteiger partial charge in [0.1, 0.15) is 28.6 Å². The van der Waals surface area contributed by atoms with Crippen molar-refractivity contribution in [2.75, 3.05) is 20.3 Å². The number of aromatic nitrogens is 2. The SMILES string of the molecule is COCCNC(=O)C(C#N)=Cc1c(Oc2ccc(C(C)(C)C)cc2)nc2c(C)cccn2c1=O. The molecule has 0 saturated heterocycles. The fourth-order valence-electron chi connectivity index (χ4n) is 3.28. The molecule has 0 spiro atoms. The van der Waals surface area contributed by atoms with Crippen LogP contribution in [0.15, 0.2) is 53.0 Å². The molecule has 34 heavy (non-hydrogen) atoms. The summed E-state index contributed by atoms with van der Waals surface area (Å²) >= 11 is 0. The number of ether oxygens (including phenoxy) is 2. The number of carbonyl (C=O) groups excluding carboxylic acids is 1. The van der Waals surface area contributed by atoms with Gasteiger partial charge in [0.2, 0.25) is 5.88 Å². The van der Waals surface area contributed by atoms with E-state index in [-0.39, 0.29) is 29.0 Å². The first-order valence-electron chi connectivity index (χ1n) is 10.8. The summed E-state index contributed by atoms with van der Waals surface area (Å²) in [5, 5.41) is 12.2. The van der Waals surface area contributed by atoms with Gasteiger partial charge in [-0.25, -0.2) is 0 Å². The second kappa shape index (κ2) is 10.3. The topological polar surface area (TPSA) is 106 Å². The second-order valence-corrected chi connectivity index (χ2v) is 8.82. The summed E-state index contributed by atoms with van der Waals surface area (Å²) in [5.74, 6) is -0.121. The van der Waals surface area contributed by atoms with E-state index in [0.29, 0.717) is 18.0 Å². The Labute approximate surface area is 198 Å². The second-order valence-electron chi connectivity index (χ2n) is 8.82. The van der Waals surface area contributed by atoms with Crippen LogP contribution in [0.2, 0.25) is 0 Å². The molecule has 0 aliphatic rings. The highest BCUT2D eigenvalue weighted by molar-refractivity contribution is 6.01. The summed E-state index contributed by atoms with van der Waals surface area (Å²) in [4.78, 5) is 30.4. The van der Waals surface area contributed by atoms with Gasteiger partial charge in [-0.3, -0.25) is 14.0 Å². The summed E-state index contributed by atoms with van der Waals surface area (Å²) < 4.78 is 12.3. The summed E-state index contributed by atoms with van der Waals surface area (Å²) in [6.07, 6.45) is 2.80. The normalized spacial score (nSPS) is 11.8. The van der Waals surface area contributed by atoms with Crippen LogP contribution in [0, 0.1) is 18.3 Å². The molecule has 3 aromatic rings. The maximum Gasteiger partial charge on any atom is 0.269 e. The molecule has 1 amide bonds. The summed E-state index contributed by atoms with van der Waals surface area (Å²) in [7, 11) is 1.51. The minimum Gasteiger partial charge on any atom is -0.438 e. The summed E-state index contributed by atoms with van der Waals surface area (Å²) in [5.41, 5.74) is 1.61. The minimum atomic E-state index is -0.617. The first-order valence-corrected chi connectivity index (χ1v) is 10.8. The van der Waals surface area contributed by atoms with Crippen LogP contribution in [-0.2, 0) is 14.9 Å². The molecule has 0 unspecified atom stereocenters. The molecule has 2 heterocycles. The molecule has 0 fully saturated rings. The van der Waals surface area contributed by atoms with E-state index >= 15 is 0 Å². The number of benzene rings is 1. The zero-order valence-electron chi connectivity index (χ0n) is 20.0.